The van der Waals surface area contributed by atoms with Gasteiger partial charge in [0, 0.05) is 18.9 Å². The Bertz CT molecular complexity index is 377. The quantitative estimate of drug-likeness (QED) is 0.659. The highest BCUT2D eigenvalue weighted by Crippen LogP contribution is 2.29. The number of aromatic nitrogens is 2. The average molecular weight is 221 g/mol. The number of ether oxygens (including phenoxy) is 1. The summed E-state index contributed by atoms with van der Waals surface area (Å²) in [6.45, 7) is 1.35. The van der Waals surface area contributed by atoms with Crippen LogP contribution in [0.4, 0.5) is 4.79 Å². The van der Waals surface area contributed by atoms with Crippen molar-refractivity contribution in [3.05, 3.63) is 18.7 Å². The van der Waals surface area contributed by atoms with Crippen molar-refractivity contribution < 1.29 is 9.53 Å². The van der Waals surface area contributed by atoms with Crippen LogP contribution in [0, 0.1) is 0 Å². The van der Waals surface area contributed by atoms with Crippen LogP contribution in [0.25, 0.3) is 0 Å². The van der Waals surface area contributed by atoms with Crippen LogP contribution in [0.1, 0.15) is 19.3 Å². The lowest BCUT2D eigenvalue weighted by Gasteiger charge is -2.37. The largest absolute Gasteiger partial charge is 0.374 e. The van der Waals surface area contributed by atoms with Crippen LogP contribution in [0.5, 0.6) is 0 Å². The Morgan fingerprint density at radius 1 is 1.44 bits per heavy atom. The number of carbonyl (C=O) groups is 1. The molecule has 1 aliphatic carbocycles. The van der Waals surface area contributed by atoms with E-state index in [1.54, 1.807) is 23.3 Å². The van der Waals surface area contributed by atoms with Crippen LogP contribution in [0.3, 0.4) is 0 Å². The van der Waals surface area contributed by atoms with Crippen molar-refractivity contribution in [3.63, 3.8) is 0 Å². The SMILES string of the molecule is O=C(N1CCOC2CCCC21)n1ccnc1. The number of nitrogens with zero attached hydrogens (tertiary/aromatic N) is 3. The second kappa shape index (κ2) is 3.90. The molecule has 1 saturated carbocycles. The molecule has 2 aliphatic rings. The van der Waals surface area contributed by atoms with E-state index in [9.17, 15) is 4.79 Å². The molecule has 0 bridgehead atoms. The molecule has 0 aromatic carbocycles. The molecule has 1 aliphatic heterocycles. The zero-order valence-electron chi connectivity index (χ0n) is 9.08. The van der Waals surface area contributed by atoms with Crippen molar-refractivity contribution in [2.75, 3.05) is 13.2 Å². The molecule has 2 heterocycles. The number of imidazole rings is 1. The summed E-state index contributed by atoms with van der Waals surface area (Å²) < 4.78 is 7.22. The van der Waals surface area contributed by atoms with E-state index in [4.69, 9.17) is 4.74 Å². The van der Waals surface area contributed by atoms with Crippen molar-refractivity contribution in [1.29, 1.82) is 0 Å². The highest BCUT2D eigenvalue weighted by molar-refractivity contribution is 5.77. The summed E-state index contributed by atoms with van der Waals surface area (Å²) in [4.78, 5) is 18.0. The molecular formula is C11H15N3O2. The lowest BCUT2D eigenvalue weighted by molar-refractivity contribution is -0.0380. The Kier molecular flexibility index (Phi) is 2.40. The smallest absolute Gasteiger partial charge is 0.329 e. The van der Waals surface area contributed by atoms with E-state index >= 15 is 0 Å². The molecule has 2 fully saturated rings. The van der Waals surface area contributed by atoms with Gasteiger partial charge in [-0.2, -0.15) is 0 Å². The summed E-state index contributed by atoms with van der Waals surface area (Å²) in [5.74, 6) is 0. The Labute approximate surface area is 94.0 Å². The Hall–Kier alpha value is -1.36. The van der Waals surface area contributed by atoms with Crippen molar-refractivity contribution in [2.45, 2.75) is 31.4 Å². The minimum Gasteiger partial charge on any atom is -0.374 e. The van der Waals surface area contributed by atoms with E-state index in [1.165, 1.54) is 0 Å². The van der Waals surface area contributed by atoms with E-state index < -0.39 is 0 Å². The van der Waals surface area contributed by atoms with Gasteiger partial charge in [-0.15, -0.1) is 0 Å². The van der Waals surface area contributed by atoms with Gasteiger partial charge in [-0.25, -0.2) is 9.78 Å². The molecule has 0 N–H and O–H groups in total. The molecule has 5 heteroatoms. The fraction of sp³-hybridized carbons (Fsp3) is 0.636. The van der Waals surface area contributed by atoms with Crippen LogP contribution in [-0.2, 0) is 4.74 Å². The topological polar surface area (TPSA) is 47.4 Å². The van der Waals surface area contributed by atoms with Gasteiger partial charge in [0.2, 0.25) is 0 Å². The Morgan fingerprint density at radius 2 is 2.38 bits per heavy atom. The molecule has 5 nitrogen and oxygen atoms in total. The summed E-state index contributed by atoms with van der Waals surface area (Å²) >= 11 is 0. The first-order chi connectivity index (χ1) is 7.86. The number of carbonyl (C=O) groups excluding carboxylic acids is 1. The third kappa shape index (κ3) is 1.51. The lowest BCUT2D eigenvalue weighted by atomic mass is 10.1. The summed E-state index contributed by atoms with van der Waals surface area (Å²) in [6, 6.07) is 0.293. The Morgan fingerprint density at radius 3 is 3.19 bits per heavy atom. The normalized spacial score (nSPS) is 29.1. The third-order valence-electron chi connectivity index (χ3n) is 3.45. The number of hydrogen-bond acceptors (Lipinski definition) is 3. The summed E-state index contributed by atoms with van der Waals surface area (Å²) in [5, 5.41) is 0. The zero-order chi connectivity index (χ0) is 11.0. The highest BCUT2D eigenvalue weighted by Gasteiger charge is 2.38. The number of amides is 1. The molecule has 2 atom stereocenters. The summed E-state index contributed by atoms with van der Waals surface area (Å²) in [6.07, 6.45) is 8.43. The summed E-state index contributed by atoms with van der Waals surface area (Å²) in [5.41, 5.74) is 0. The van der Waals surface area contributed by atoms with E-state index in [0.717, 1.165) is 19.3 Å². The van der Waals surface area contributed by atoms with Crippen molar-refractivity contribution >= 4 is 6.03 Å². The van der Waals surface area contributed by atoms with Gasteiger partial charge in [0.05, 0.1) is 18.8 Å². The number of morpholine rings is 1. The molecule has 0 radical (unpaired) electrons. The fourth-order valence-corrected chi connectivity index (χ4v) is 2.68. The molecule has 16 heavy (non-hydrogen) atoms. The van der Waals surface area contributed by atoms with Gasteiger partial charge in [-0.3, -0.25) is 4.57 Å². The first-order valence-electron chi connectivity index (χ1n) is 5.77. The molecule has 1 saturated heterocycles. The first-order valence-corrected chi connectivity index (χ1v) is 5.77. The van der Waals surface area contributed by atoms with Gasteiger partial charge >= 0.3 is 6.03 Å². The van der Waals surface area contributed by atoms with E-state index in [2.05, 4.69) is 4.98 Å². The van der Waals surface area contributed by atoms with E-state index in [0.29, 0.717) is 13.2 Å². The maximum atomic E-state index is 12.2. The molecule has 1 aromatic rings. The predicted octanol–water partition coefficient (Wildman–Crippen LogP) is 1.10. The minimum atomic E-state index is 0.0256. The molecule has 1 amide bonds. The van der Waals surface area contributed by atoms with Crippen LogP contribution in [0.15, 0.2) is 18.7 Å². The van der Waals surface area contributed by atoms with E-state index in [-0.39, 0.29) is 18.2 Å². The standard InChI is InChI=1S/C11H15N3O2/c15-11(13-5-4-12-8-13)14-6-7-16-10-3-1-2-9(10)14/h4-5,8-10H,1-3,6-7H2. The van der Waals surface area contributed by atoms with Crippen LogP contribution in [0.2, 0.25) is 0 Å². The lowest BCUT2D eigenvalue weighted by Crippen LogP contribution is -2.52. The van der Waals surface area contributed by atoms with Gasteiger partial charge in [-0.05, 0) is 19.3 Å². The average Bonchev–Trinajstić information content (AvgIpc) is 2.98. The Balaban J connectivity index is 1.80. The first kappa shape index (κ1) is 9.84. The van der Waals surface area contributed by atoms with Gasteiger partial charge in [0.15, 0.2) is 0 Å². The molecule has 1 aromatic heterocycles. The maximum absolute atomic E-state index is 12.2. The molecule has 2 unspecified atom stereocenters. The number of rotatable bonds is 0. The molecule has 0 spiro atoms. The van der Waals surface area contributed by atoms with Crippen molar-refractivity contribution in [2.24, 2.45) is 0 Å². The minimum absolute atomic E-state index is 0.0256. The van der Waals surface area contributed by atoms with Crippen LogP contribution in [-0.4, -0.2) is 45.8 Å². The van der Waals surface area contributed by atoms with Crippen LogP contribution >= 0.6 is 0 Å². The van der Waals surface area contributed by atoms with Gasteiger partial charge < -0.3 is 9.64 Å². The monoisotopic (exact) mass is 221 g/mol. The highest BCUT2D eigenvalue weighted by atomic mass is 16.5. The fourth-order valence-electron chi connectivity index (χ4n) is 2.68. The van der Waals surface area contributed by atoms with Crippen molar-refractivity contribution in [3.8, 4) is 0 Å². The molecule has 86 valence electrons. The van der Waals surface area contributed by atoms with Crippen molar-refractivity contribution in [1.82, 2.24) is 14.5 Å². The number of fused-ring (bicyclic) bond motifs is 1. The maximum Gasteiger partial charge on any atom is 0.329 e. The van der Waals surface area contributed by atoms with Gasteiger partial charge in [0.1, 0.15) is 6.33 Å². The van der Waals surface area contributed by atoms with Gasteiger partial charge in [-0.1, -0.05) is 0 Å². The number of hydrogen-bond donors (Lipinski definition) is 0. The predicted molar refractivity (Wildman–Crippen MR) is 57.1 cm³/mol. The van der Waals surface area contributed by atoms with E-state index in [1.807, 2.05) is 4.90 Å². The molecular weight excluding hydrogens is 206 g/mol. The summed E-state index contributed by atoms with van der Waals surface area (Å²) in [7, 11) is 0. The molecule has 3 rings (SSSR count). The van der Waals surface area contributed by atoms with Crippen LogP contribution < -0.4 is 0 Å². The zero-order valence-corrected chi connectivity index (χ0v) is 9.08. The second-order valence-corrected chi connectivity index (χ2v) is 4.35. The second-order valence-electron chi connectivity index (χ2n) is 4.35. The third-order valence-corrected chi connectivity index (χ3v) is 3.45. The van der Waals surface area contributed by atoms with Gasteiger partial charge in [0.25, 0.3) is 0 Å².